The second-order valence-corrected chi connectivity index (χ2v) is 8.75. The van der Waals surface area contributed by atoms with Crippen LogP contribution in [0.5, 0.6) is 5.75 Å². The van der Waals surface area contributed by atoms with Crippen LogP contribution in [0.25, 0.3) is 0 Å². The van der Waals surface area contributed by atoms with Crippen LogP contribution in [0.1, 0.15) is 22.6 Å². The molecule has 4 rings (SSSR count). The molecule has 0 radical (unpaired) electrons. The summed E-state index contributed by atoms with van der Waals surface area (Å²) in [5.41, 5.74) is 0. The monoisotopic (exact) mass is 361 g/mol. The Kier molecular flexibility index (Phi) is 4.80. The maximum Gasteiger partial charge on any atom is 0.125 e. The average Bonchev–Trinajstić information content (AvgIpc) is 3.15. The maximum absolute atomic E-state index is 13.0. The lowest BCUT2D eigenvalue weighted by molar-refractivity contribution is -0.0231. The Morgan fingerprint density at radius 1 is 1.12 bits per heavy atom. The van der Waals surface area contributed by atoms with Crippen molar-refractivity contribution in [3.63, 3.8) is 0 Å². The molecule has 2 aromatic rings. The van der Waals surface area contributed by atoms with E-state index >= 15 is 0 Å². The minimum Gasteiger partial charge on any atom is -0.488 e. The molecule has 3 nitrogen and oxygen atoms in total. The number of ether oxygens (including phenoxy) is 1. The van der Waals surface area contributed by atoms with Crippen LogP contribution in [0.2, 0.25) is 0 Å². The van der Waals surface area contributed by atoms with Gasteiger partial charge in [0.15, 0.2) is 0 Å². The van der Waals surface area contributed by atoms with E-state index in [4.69, 9.17) is 4.74 Å². The molecule has 0 bridgehead atoms. The van der Waals surface area contributed by atoms with Gasteiger partial charge in [0.25, 0.3) is 0 Å². The summed E-state index contributed by atoms with van der Waals surface area (Å²) in [6.45, 7) is 5.27. The average molecular weight is 361 g/mol. The highest BCUT2D eigenvalue weighted by molar-refractivity contribution is 7.11. The molecule has 1 saturated carbocycles. The molecule has 0 unspecified atom stereocenters. The van der Waals surface area contributed by atoms with Crippen LogP contribution in [0, 0.1) is 24.6 Å². The van der Waals surface area contributed by atoms with E-state index in [0.29, 0.717) is 17.6 Å². The van der Waals surface area contributed by atoms with E-state index in [2.05, 4.69) is 24.0 Å². The van der Waals surface area contributed by atoms with Crippen molar-refractivity contribution >= 4 is 11.3 Å². The van der Waals surface area contributed by atoms with E-state index in [9.17, 15) is 9.50 Å². The van der Waals surface area contributed by atoms with Crippen molar-refractivity contribution in [3.05, 3.63) is 52.0 Å². The number of aliphatic hydroxyl groups excluding tert-OH is 1. The van der Waals surface area contributed by atoms with Gasteiger partial charge in [-0.15, -0.1) is 11.3 Å². The summed E-state index contributed by atoms with van der Waals surface area (Å²) in [7, 11) is 0. The number of fused-ring (bicyclic) bond motifs is 1. The van der Waals surface area contributed by atoms with Gasteiger partial charge >= 0.3 is 0 Å². The molecule has 1 N–H and O–H groups in total. The summed E-state index contributed by atoms with van der Waals surface area (Å²) in [5, 5.41) is 10.5. The molecular weight excluding hydrogens is 337 g/mol. The zero-order valence-electron chi connectivity index (χ0n) is 14.4. The van der Waals surface area contributed by atoms with E-state index in [0.717, 1.165) is 32.5 Å². The first-order valence-corrected chi connectivity index (χ1v) is 9.76. The first-order valence-electron chi connectivity index (χ1n) is 8.95. The fourth-order valence-corrected chi connectivity index (χ4v) is 5.15. The number of aryl methyl sites for hydroxylation is 1. The first kappa shape index (κ1) is 17.0. The number of hydrogen-bond acceptors (Lipinski definition) is 4. The van der Waals surface area contributed by atoms with E-state index in [1.807, 2.05) is 11.3 Å². The number of hydrogen-bond donors (Lipinski definition) is 1. The molecule has 1 saturated heterocycles. The highest BCUT2D eigenvalue weighted by Crippen LogP contribution is 2.38. The molecule has 1 aliphatic carbocycles. The normalized spacial score (nSPS) is 29.6. The number of aliphatic hydroxyl groups is 1. The fourth-order valence-electron chi connectivity index (χ4n) is 4.22. The van der Waals surface area contributed by atoms with Gasteiger partial charge in [0.05, 0.1) is 6.10 Å². The lowest BCUT2D eigenvalue weighted by atomic mass is 9.78. The summed E-state index contributed by atoms with van der Waals surface area (Å²) < 4.78 is 19.0. The number of nitrogens with zero attached hydrogens (tertiary/aromatic N) is 1. The van der Waals surface area contributed by atoms with Crippen molar-refractivity contribution in [1.29, 1.82) is 0 Å². The molecule has 1 aromatic carbocycles. The minimum atomic E-state index is -0.449. The van der Waals surface area contributed by atoms with E-state index in [1.54, 1.807) is 12.1 Å². The zero-order valence-corrected chi connectivity index (χ0v) is 15.2. The molecule has 5 heteroatoms. The van der Waals surface area contributed by atoms with Gasteiger partial charge in [-0.3, -0.25) is 4.90 Å². The Labute approximate surface area is 152 Å². The summed E-state index contributed by atoms with van der Waals surface area (Å²) in [6, 6.07) is 10.5. The molecule has 1 aromatic heterocycles. The van der Waals surface area contributed by atoms with Gasteiger partial charge in [-0.25, -0.2) is 4.39 Å². The third-order valence-electron chi connectivity index (χ3n) is 5.44. The van der Waals surface area contributed by atoms with Crippen LogP contribution in [0.15, 0.2) is 36.4 Å². The molecule has 1 aliphatic heterocycles. The Morgan fingerprint density at radius 2 is 1.84 bits per heavy atom. The number of benzene rings is 1. The van der Waals surface area contributed by atoms with Gasteiger partial charge in [-0.1, -0.05) is 0 Å². The third-order valence-corrected chi connectivity index (χ3v) is 6.42. The molecule has 0 spiro atoms. The predicted molar refractivity (Wildman–Crippen MR) is 97.4 cm³/mol. The van der Waals surface area contributed by atoms with Crippen molar-refractivity contribution in [2.75, 3.05) is 13.1 Å². The van der Waals surface area contributed by atoms with Crippen LogP contribution in [-0.4, -0.2) is 35.3 Å². The molecule has 134 valence electrons. The highest BCUT2D eigenvalue weighted by Gasteiger charge is 2.42. The van der Waals surface area contributed by atoms with Crippen molar-refractivity contribution < 1.29 is 14.2 Å². The van der Waals surface area contributed by atoms with Crippen LogP contribution >= 0.6 is 11.3 Å². The Balaban J connectivity index is 1.37. The van der Waals surface area contributed by atoms with Gasteiger partial charge in [-0.05, 0) is 68.0 Å². The van der Waals surface area contributed by atoms with Crippen molar-refractivity contribution in [3.8, 4) is 5.75 Å². The Hall–Kier alpha value is -1.43. The zero-order chi connectivity index (χ0) is 17.4. The van der Waals surface area contributed by atoms with Crippen molar-refractivity contribution in [1.82, 2.24) is 4.90 Å². The van der Waals surface area contributed by atoms with Gasteiger partial charge in [-0.2, -0.15) is 0 Å². The number of thiophene rings is 1. The SMILES string of the molecule is Cc1ccc(CN2C[C@H]3C[C@@H](Oc4ccc(F)cc4)[C@H](O)C[C@H]3C2)s1. The summed E-state index contributed by atoms with van der Waals surface area (Å²) >= 11 is 1.87. The molecule has 0 amide bonds. The van der Waals surface area contributed by atoms with Gasteiger partial charge in [0.1, 0.15) is 17.7 Å². The lowest BCUT2D eigenvalue weighted by Gasteiger charge is -2.35. The van der Waals surface area contributed by atoms with Crippen LogP contribution in [0.3, 0.4) is 0 Å². The second-order valence-electron chi connectivity index (χ2n) is 7.38. The molecule has 2 heterocycles. The number of halogens is 1. The topological polar surface area (TPSA) is 32.7 Å². The number of rotatable bonds is 4. The molecule has 4 atom stereocenters. The smallest absolute Gasteiger partial charge is 0.125 e. The highest BCUT2D eigenvalue weighted by atomic mass is 32.1. The van der Waals surface area contributed by atoms with E-state index < -0.39 is 6.10 Å². The largest absolute Gasteiger partial charge is 0.488 e. The number of likely N-dealkylation sites (tertiary alicyclic amines) is 1. The van der Waals surface area contributed by atoms with Crippen LogP contribution < -0.4 is 4.74 Å². The quantitative estimate of drug-likeness (QED) is 0.898. The summed E-state index contributed by atoms with van der Waals surface area (Å²) in [6.07, 6.45) is 1.01. The third kappa shape index (κ3) is 3.89. The van der Waals surface area contributed by atoms with Gasteiger partial charge in [0, 0.05) is 29.4 Å². The van der Waals surface area contributed by atoms with Gasteiger partial charge < -0.3 is 9.84 Å². The van der Waals surface area contributed by atoms with Crippen molar-refractivity contribution in [2.45, 2.75) is 38.5 Å². The summed E-state index contributed by atoms with van der Waals surface area (Å²) in [5.74, 6) is 1.47. The van der Waals surface area contributed by atoms with E-state index in [1.165, 1.54) is 21.9 Å². The van der Waals surface area contributed by atoms with Crippen molar-refractivity contribution in [2.24, 2.45) is 11.8 Å². The summed E-state index contributed by atoms with van der Waals surface area (Å²) in [4.78, 5) is 5.28. The fraction of sp³-hybridized carbons (Fsp3) is 0.500. The van der Waals surface area contributed by atoms with E-state index in [-0.39, 0.29) is 11.9 Å². The predicted octanol–water partition coefficient (Wildman–Crippen LogP) is 3.85. The molecule has 2 fully saturated rings. The Morgan fingerprint density at radius 3 is 2.52 bits per heavy atom. The lowest BCUT2D eigenvalue weighted by Crippen LogP contribution is -2.42. The van der Waals surface area contributed by atoms with Gasteiger partial charge in [0.2, 0.25) is 0 Å². The van der Waals surface area contributed by atoms with Crippen LogP contribution in [0.4, 0.5) is 4.39 Å². The molecule has 25 heavy (non-hydrogen) atoms. The Bertz CT molecular complexity index is 717. The minimum absolute atomic E-state index is 0.198. The van der Waals surface area contributed by atoms with Crippen LogP contribution in [-0.2, 0) is 6.54 Å². The standard InChI is InChI=1S/C20H24FNO2S/c1-13-2-7-18(25-13)12-22-10-14-8-19(23)20(9-15(14)11-22)24-17-5-3-16(21)4-6-17/h2-7,14-15,19-20,23H,8-12H2,1H3/t14-,15+,19+,20+/m0/s1. The first-order chi connectivity index (χ1) is 12.1. The second kappa shape index (κ2) is 7.06. The maximum atomic E-state index is 13.0. The molecule has 2 aliphatic rings. The molecular formula is C20H24FNO2S.